The summed E-state index contributed by atoms with van der Waals surface area (Å²) in [5.41, 5.74) is 2.60. The Hall–Kier alpha value is -4.57. The smallest absolute Gasteiger partial charge is 0.283 e. The minimum Gasteiger partial charge on any atom is -0.493 e. The highest BCUT2D eigenvalue weighted by Gasteiger charge is 2.36. The van der Waals surface area contributed by atoms with Gasteiger partial charge in [0.05, 0.1) is 12.7 Å². The van der Waals surface area contributed by atoms with E-state index < -0.39 is 5.91 Å². The number of nitrogens with one attached hydrogen (secondary N) is 1. The minimum absolute atomic E-state index is 0.0120. The third-order valence-electron chi connectivity index (χ3n) is 5.74. The molecule has 190 valence electrons. The average Bonchev–Trinajstić information content (AvgIpc) is 3.36. The predicted octanol–water partition coefficient (Wildman–Crippen LogP) is 5.20. The van der Waals surface area contributed by atoms with E-state index in [-0.39, 0.29) is 23.8 Å². The van der Waals surface area contributed by atoms with Crippen LogP contribution in [0.5, 0.6) is 11.5 Å². The molecule has 0 bridgehead atoms. The first-order valence-corrected chi connectivity index (χ1v) is 12.4. The number of hydrazone groups is 1. The number of ether oxygens (including phenoxy) is 2. The van der Waals surface area contributed by atoms with E-state index in [2.05, 4.69) is 21.7 Å². The van der Waals surface area contributed by atoms with Crippen LogP contribution in [0.1, 0.15) is 22.3 Å². The Labute approximate surface area is 222 Å². The number of fused-ring (bicyclic) bond motifs is 1. The second-order valence-corrected chi connectivity index (χ2v) is 9.21. The van der Waals surface area contributed by atoms with Crippen LogP contribution >= 0.6 is 11.8 Å². The molecule has 0 saturated carbocycles. The van der Waals surface area contributed by atoms with Crippen molar-refractivity contribution in [1.82, 2.24) is 9.99 Å². The lowest BCUT2D eigenvalue weighted by atomic mass is 10.0. The zero-order chi connectivity index (χ0) is 26.6. The lowest BCUT2D eigenvalue weighted by molar-refractivity contribution is -0.114. The van der Waals surface area contributed by atoms with Gasteiger partial charge in [0.2, 0.25) is 5.17 Å². The zero-order valence-electron chi connectivity index (χ0n) is 20.3. The molecule has 0 atom stereocenters. The maximum Gasteiger partial charge on any atom is 0.283 e. The molecule has 1 amide bonds. The Morgan fingerprint density at radius 1 is 1.18 bits per heavy atom. The number of carbonyl (C=O) groups excluding carboxylic acids is 1. The summed E-state index contributed by atoms with van der Waals surface area (Å²) in [6.45, 7) is 3.83. The molecule has 0 spiro atoms. The van der Waals surface area contributed by atoms with E-state index >= 15 is 0 Å². The lowest BCUT2D eigenvalue weighted by Crippen LogP contribution is -2.35. The summed E-state index contributed by atoms with van der Waals surface area (Å²) in [5.74, 6) is -0.136. The summed E-state index contributed by atoms with van der Waals surface area (Å²) >= 11 is 1.21. The first-order chi connectivity index (χ1) is 18.5. The van der Waals surface area contributed by atoms with E-state index in [4.69, 9.17) is 14.9 Å². The topological polar surface area (TPSA) is 100 Å². The standard InChI is InChI=1S/C28H22FN5O3S/c1-3-7-18-12-17(14-23(36-2)24(18)37-16-20-8-4-5-10-22(20)29)13-21-25(30)34-28(32-26(21)35)38-27(33-34)19-9-6-11-31-15-19/h3-6,8-15,30H,1,7,16H2,2H3/b21-13-,30-25?. The van der Waals surface area contributed by atoms with Gasteiger partial charge in [-0.05, 0) is 60.2 Å². The Morgan fingerprint density at radius 3 is 2.76 bits per heavy atom. The van der Waals surface area contributed by atoms with Crippen molar-refractivity contribution in [3.8, 4) is 11.5 Å². The molecule has 1 N–H and O–H groups in total. The van der Waals surface area contributed by atoms with E-state index in [0.717, 1.165) is 11.1 Å². The van der Waals surface area contributed by atoms with E-state index in [1.54, 1.807) is 54.9 Å². The number of benzene rings is 2. The van der Waals surface area contributed by atoms with Gasteiger partial charge in [-0.2, -0.15) is 15.1 Å². The summed E-state index contributed by atoms with van der Waals surface area (Å²) < 4.78 is 25.7. The van der Waals surface area contributed by atoms with Crippen molar-refractivity contribution in [1.29, 1.82) is 5.41 Å². The SMILES string of the molecule is C=CCc1cc(/C=C2/C(=N)N3N=C(c4cccnc4)SC3=NC2=O)cc(OC)c1OCc1ccccc1F. The maximum absolute atomic E-state index is 14.1. The van der Waals surface area contributed by atoms with Gasteiger partial charge >= 0.3 is 0 Å². The van der Waals surface area contributed by atoms with Crippen molar-refractivity contribution < 1.29 is 18.7 Å². The van der Waals surface area contributed by atoms with Gasteiger partial charge in [-0.1, -0.05) is 24.3 Å². The van der Waals surface area contributed by atoms with Crippen molar-refractivity contribution in [3.05, 3.63) is 107 Å². The highest BCUT2D eigenvalue weighted by Crippen LogP contribution is 2.36. The molecular weight excluding hydrogens is 505 g/mol. The van der Waals surface area contributed by atoms with Gasteiger partial charge < -0.3 is 9.47 Å². The van der Waals surface area contributed by atoms with Crippen molar-refractivity contribution in [2.45, 2.75) is 13.0 Å². The fourth-order valence-corrected chi connectivity index (χ4v) is 4.80. The summed E-state index contributed by atoms with van der Waals surface area (Å²) in [6.07, 6.45) is 7.04. The molecule has 0 aliphatic carbocycles. The van der Waals surface area contributed by atoms with Crippen LogP contribution < -0.4 is 9.47 Å². The molecule has 1 aromatic heterocycles. The maximum atomic E-state index is 14.1. The molecule has 5 rings (SSSR count). The second kappa shape index (κ2) is 10.8. The number of aromatic nitrogens is 1. The molecule has 2 aliphatic heterocycles. The number of amidine groups is 2. The van der Waals surface area contributed by atoms with Crippen LogP contribution in [0.3, 0.4) is 0 Å². The van der Waals surface area contributed by atoms with E-state index in [9.17, 15) is 9.18 Å². The molecular formula is C28H22FN5O3S. The van der Waals surface area contributed by atoms with Gasteiger partial charge in [0.15, 0.2) is 17.3 Å². The Bertz CT molecular complexity index is 1530. The number of pyridine rings is 1. The number of carbonyl (C=O) groups is 1. The summed E-state index contributed by atoms with van der Waals surface area (Å²) in [7, 11) is 1.50. The monoisotopic (exact) mass is 527 g/mol. The molecule has 0 unspecified atom stereocenters. The third-order valence-corrected chi connectivity index (χ3v) is 6.70. The highest BCUT2D eigenvalue weighted by atomic mass is 32.2. The second-order valence-electron chi connectivity index (χ2n) is 8.25. The van der Waals surface area contributed by atoms with Crippen molar-refractivity contribution in [2.75, 3.05) is 7.11 Å². The fraction of sp³-hybridized carbons (Fsp3) is 0.107. The van der Waals surface area contributed by atoms with Crippen LogP contribution in [0, 0.1) is 11.2 Å². The molecule has 0 fully saturated rings. The number of nitrogens with zero attached hydrogens (tertiary/aromatic N) is 4. The Balaban J connectivity index is 1.46. The molecule has 10 heteroatoms. The normalized spacial score (nSPS) is 15.7. The third kappa shape index (κ3) is 4.98. The van der Waals surface area contributed by atoms with E-state index in [0.29, 0.717) is 39.3 Å². The summed E-state index contributed by atoms with van der Waals surface area (Å²) in [4.78, 5) is 21.2. The van der Waals surface area contributed by atoms with Crippen LogP contribution in [0.25, 0.3) is 6.08 Å². The average molecular weight is 528 g/mol. The first kappa shape index (κ1) is 25.1. The fourth-order valence-electron chi connectivity index (χ4n) is 3.92. The molecule has 0 saturated heterocycles. The van der Waals surface area contributed by atoms with Crippen LogP contribution in [0.15, 0.2) is 89.2 Å². The van der Waals surface area contributed by atoms with Gasteiger partial charge in [-0.3, -0.25) is 15.2 Å². The predicted molar refractivity (Wildman–Crippen MR) is 146 cm³/mol. The minimum atomic E-state index is -0.541. The van der Waals surface area contributed by atoms with Crippen LogP contribution in [0.4, 0.5) is 4.39 Å². The van der Waals surface area contributed by atoms with Crippen LogP contribution in [-0.4, -0.2) is 39.1 Å². The zero-order valence-corrected chi connectivity index (χ0v) is 21.2. The van der Waals surface area contributed by atoms with Crippen molar-refractivity contribution >= 4 is 39.8 Å². The van der Waals surface area contributed by atoms with Crippen LogP contribution in [0.2, 0.25) is 0 Å². The quantitative estimate of drug-likeness (QED) is 0.319. The number of aliphatic imine (C=N–C) groups is 1. The number of hydrogen-bond donors (Lipinski definition) is 1. The van der Waals surface area contributed by atoms with Gasteiger partial charge in [0, 0.05) is 29.1 Å². The lowest BCUT2D eigenvalue weighted by Gasteiger charge is -2.20. The highest BCUT2D eigenvalue weighted by molar-refractivity contribution is 8.27. The summed E-state index contributed by atoms with van der Waals surface area (Å²) in [5, 5.41) is 15.4. The molecule has 38 heavy (non-hydrogen) atoms. The number of allylic oxidation sites excluding steroid dienone is 1. The first-order valence-electron chi connectivity index (χ1n) is 11.6. The van der Waals surface area contributed by atoms with Crippen molar-refractivity contribution in [2.24, 2.45) is 10.1 Å². The molecule has 3 heterocycles. The Morgan fingerprint density at radius 2 is 2.03 bits per heavy atom. The van der Waals surface area contributed by atoms with Gasteiger partial charge in [-0.15, -0.1) is 6.58 Å². The van der Waals surface area contributed by atoms with E-state index in [1.165, 1.54) is 29.9 Å². The summed E-state index contributed by atoms with van der Waals surface area (Å²) in [6, 6.07) is 13.5. The molecule has 2 aromatic carbocycles. The Kier molecular flexibility index (Phi) is 7.14. The van der Waals surface area contributed by atoms with Gasteiger partial charge in [0.1, 0.15) is 17.5 Å². The molecule has 3 aromatic rings. The molecule has 0 radical (unpaired) electrons. The number of methoxy groups -OCH3 is 1. The number of thioether (sulfide) groups is 1. The van der Waals surface area contributed by atoms with Gasteiger partial charge in [-0.25, -0.2) is 4.39 Å². The van der Waals surface area contributed by atoms with Gasteiger partial charge in [0.25, 0.3) is 5.91 Å². The molecule has 8 nitrogen and oxygen atoms in total. The molecule has 2 aliphatic rings. The largest absolute Gasteiger partial charge is 0.493 e. The van der Waals surface area contributed by atoms with Crippen molar-refractivity contribution in [3.63, 3.8) is 0 Å². The number of rotatable bonds is 8. The van der Waals surface area contributed by atoms with Crippen LogP contribution in [-0.2, 0) is 17.8 Å². The number of hydrogen-bond acceptors (Lipinski definition) is 7. The van der Waals surface area contributed by atoms with E-state index in [1.807, 2.05) is 12.1 Å². The number of amides is 1. The number of halogens is 1.